The zero-order valence-corrected chi connectivity index (χ0v) is 13.8. The lowest BCUT2D eigenvalue weighted by Gasteiger charge is -2.30. The van der Waals surface area contributed by atoms with Gasteiger partial charge in [-0.25, -0.2) is 4.68 Å². The third-order valence-electron chi connectivity index (χ3n) is 4.38. The maximum Gasteiger partial charge on any atom is 0.303 e. The quantitative estimate of drug-likeness (QED) is 0.632. The van der Waals surface area contributed by atoms with E-state index in [1.54, 1.807) is 11.0 Å². The van der Waals surface area contributed by atoms with E-state index in [1.807, 2.05) is 0 Å². The van der Waals surface area contributed by atoms with Crippen molar-refractivity contribution in [1.82, 2.24) is 19.9 Å². The number of nitro groups is 1. The fourth-order valence-electron chi connectivity index (χ4n) is 2.99. The van der Waals surface area contributed by atoms with Crippen molar-refractivity contribution in [3.63, 3.8) is 0 Å². The number of amides is 1. The Kier molecular flexibility index (Phi) is 4.92. The summed E-state index contributed by atoms with van der Waals surface area (Å²) in [5, 5.41) is 27.4. The number of carbonyl (C=O) groups is 2. The maximum absolute atomic E-state index is 12.5. The molecule has 10 nitrogen and oxygen atoms in total. The molecule has 0 aliphatic carbocycles. The summed E-state index contributed by atoms with van der Waals surface area (Å²) in [4.78, 5) is 35.3. The number of non-ortho nitro benzene ring substituents is 1. The summed E-state index contributed by atoms with van der Waals surface area (Å²) in [6.07, 6.45) is 2.82. The molecule has 136 valence electrons. The number of likely N-dealkylation sites (tertiary alicyclic amines) is 1. The summed E-state index contributed by atoms with van der Waals surface area (Å²) in [6, 6.07) is 5.88. The van der Waals surface area contributed by atoms with Gasteiger partial charge in [-0.05, 0) is 24.8 Å². The van der Waals surface area contributed by atoms with Crippen LogP contribution in [0.25, 0.3) is 5.69 Å². The Bertz CT molecular complexity index is 841. The van der Waals surface area contributed by atoms with Gasteiger partial charge in [-0.1, -0.05) is 11.3 Å². The van der Waals surface area contributed by atoms with E-state index in [-0.39, 0.29) is 29.6 Å². The number of nitrogens with zero attached hydrogens (tertiary/aromatic N) is 5. The normalized spacial score (nSPS) is 15.0. The third-order valence-corrected chi connectivity index (χ3v) is 4.38. The van der Waals surface area contributed by atoms with Gasteiger partial charge in [0.25, 0.3) is 11.6 Å². The summed E-state index contributed by atoms with van der Waals surface area (Å²) in [5.41, 5.74) is 0.505. The summed E-state index contributed by atoms with van der Waals surface area (Å²) in [5.74, 6) is -1.03. The molecule has 1 aromatic carbocycles. The Labute approximate surface area is 148 Å². The van der Waals surface area contributed by atoms with Crippen LogP contribution in [-0.2, 0) is 4.79 Å². The molecule has 1 aliphatic rings. The van der Waals surface area contributed by atoms with Crippen molar-refractivity contribution in [2.24, 2.45) is 5.92 Å². The summed E-state index contributed by atoms with van der Waals surface area (Å²) in [6.45, 7) is 0.945. The molecule has 0 unspecified atom stereocenters. The van der Waals surface area contributed by atoms with Crippen molar-refractivity contribution in [3.8, 4) is 5.69 Å². The second kappa shape index (κ2) is 7.30. The average Bonchev–Trinajstić information content (AvgIpc) is 3.11. The maximum atomic E-state index is 12.5. The highest BCUT2D eigenvalue weighted by Crippen LogP contribution is 2.22. The van der Waals surface area contributed by atoms with Crippen LogP contribution >= 0.6 is 0 Å². The predicted octanol–water partition coefficient (Wildman–Crippen LogP) is 1.50. The molecule has 1 aromatic heterocycles. The van der Waals surface area contributed by atoms with Gasteiger partial charge in [0.15, 0.2) is 5.69 Å². The summed E-state index contributed by atoms with van der Waals surface area (Å²) < 4.78 is 1.32. The van der Waals surface area contributed by atoms with Gasteiger partial charge in [0.1, 0.15) is 0 Å². The first kappa shape index (κ1) is 17.5. The van der Waals surface area contributed by atoms with Gasteiger partial charge in [0, 0.05) is 31.6 Å². The van der Waals surface area contributed by atoms with E-state index in [4.69, 9.17) is 5.11 Å². The molecule has 3 rings (SSSR count). The van der Waals surface area contributed by atoms with E-state index in [9.17, 15) is 19.7 Å². The smallest absolute Gasteiger partial charge is 0.303 e. The molecule has 1 saturated heterocycles. The molecule has 0 bridgehead atoms. The molecule has 0 radical (unpaired) electrons. The number of hydrogen-bond acceptors (Lipinski definition) is 6. The Balaban J connectivity index is 1.68. The van der Waals surface area contributed by atoms with Gasteiger partial charge in [-0.15, -0.1) is 5.10 Å². The van der Waals surface area contributed by atoms with Gasteiger partial charge in [-0.2, -0.15) is 0 Å². The molecule has 0 saturated carbocycles. The molecule has 0 atom stereocenters. The van der Waals surface area contributed by atoms with Gasteiger partial charge in [0.2, 0.25) is 0 Å². The number of hydrogen-bond donors (Lipinski definition) is 1. The number of nitro benzene ring substituents is 1. The fraction of sp³-hybridized carbons (Fsp3) is 0.375. The first-order valence-corrected chi connectivity index (χ1v) is 8.12. The number of aliphatic carboxylic acids is 1. The minimum Gasteiger partial charge on any atom is -0.481 e. The molecule has 10 heteroatoms. The van der Waals surface area contributed by atoms with E-state index in [0.717, 1.165) is 0 Å². The summed E-state index contributed by atoms with van der Waals surface area (Å²) in [7, 11) is 0. The van der Waals surface area contributed by atoms with E-state index >= 15 is 0 Å². The number of carboxylic acids is 1. The van der Waals surface area contributed by atoms with Crippen molar-refractivity contribution in [3.05, 3.63) is 46.3 Å². The molecular formula is C16H17N5O5. The van der Waals surface area contributed by atoms with Crippen molar-refractivity contribution < 1.29 is 19.6 Å². The summed E-state index contributed by atoms with van der Waals surface area (Å²) >= 11 is 0. The topological polar surface area (TPSA) is 131 Å². The second-order valence-corrected chi connectivity index (χ2v) is 6.16. The molecule has 2 heterocycles. The van der Waals surface area contributed by atoms with Gasteiger partial charge < -0.3 is 10.0 Å². The lowest BCUT2D eigenvalue weighted by Crippen LogP contribution is -2.39. The Morgan fingerprint density at radius 2 is 2.04 bits per heavy atom. The first-order chi connectivity index (χ1) is 12.4. The number of benzene rings is 1. The molecule has 1 N–H and O–H groups in total. The monoisotopic (exact) mass is 359 g/mol. The van der Waals surface area contributed by atoms with Gasteiger partial charge >= 0.3 is 5.97 Å². The standard InChI is InChI=1S/C16H17N5O5/c22-15(23)8-11-4-6-19(7-5-11)16(24)14-10-20(18-17-14)12-2-1-3-13(9-12)21(25)26/h1-3,9-11H,4-8H2,(H,22,23). The number of piperidine rings is 1. The van der Waals surface area contributed by atoms with Crippen LogP contribution in [0.15, 0.2) is 30.5 Å². The van der Waals surface area contributed by atoms with Crippen LogP contribution in [0.4, 0.5) is 5.69 Å². The van der Waals surface area contributed by atoms with E-state index in [1.165, 1.54) is 29.1 Å². The van der Waals surface area contributed by atoms with Crippen LogP contribution in [0.1, 0.15) is 29.8 Å². The van der Waals surface area contributed by atoms with Crippen molar-refractivity contribution in [2.75, 3.05) is 13.1 Å². The first-order valence-electron chi connectivity index (χ1n) is 8.12. The lowest BCUT2D eigenvalue weighted by atomic mass is 9.93. The van der Waals surface area contributed by atoms with E-state index < -0.39 is 10.9 Å². The van der Waals surface area contributed by atoms with E-state index in [2.05, 4.69) is 10.3 Å². The van der Waals surface area contributed by atoms with E-state index in [0.29, 0.717) is 31.6 Å². The van der Waals surface area contributed by atoms with Gasteiger partial charge in [-0.3, -0.25) is 19.7 Å². The van der Waals surface area contributed by atoms with Crippen molar-refractivity contribution in [1.29, 1.82) is 0 Å². The largest absolute Gasteiger partial charge is 0.481 e. The fourth-order valence-corrected chi connectivity index (χ4v) is 2.99. The highest BCUT2D eigenvalue weighted by atomic mass is 16.6. The third kappa shape index (κ3) is 3.85. The number of aromatic nitrogens is 3. The van der Waals surface area contributed by atoms with Crippen LogP contribution in [-0.4, -0.2) is 54.9 Å². The molecule has 0 spiro atoms. The highest BCUT2D eigenvalue weighted by Gasteiger charge is 2.26. The minimum atomic E-state index is -0.824. The average molecular weight is 359 g/mol. The zero-order chi connectivity index (χ0) is 18.7. The van der Waals surface area contributed by atoms with Crippen LogP contribution in [0, 0.1) is 16.0 Å². The van der Waals surface area contributed by atoms with Crippen molar-refractivity contribution in [2.45, 2.75) is 19.3 Å². The molecule has 1 aliphatic heterocycles. The van der Waals surface area contributed by atoms with Crippen LogP contribution < -0.4 is 0 Å². The SMILES string of the molecule is O=C(O)CC1CCN(C(=O)c2cn(-c3cccc([N+](=O)[O-])c3)nn2)CC1. The minimum absolute atomic E-state index is 0.0774. The highest BCUT2D eigenvalue weighted by molar-refractivity contribution is 5.92. The number of rotatable bonds is 5. The van der Waals surface area contributed by atoms with Crippen molar-refractivity contribution >= 4 is 17.6 Å². The second-order valence-electron chi connectivity index (χ2n) is 6.16. The number of carboxylic acid groups (broad SMARTS) is 1. The zero-order valence-electron chi connectivity index (χ0n) is 13.8. The molecule has 1 amide bonds. The van der Waals surface area contributed by atoms with Crippen LogP contribution in [0.5, 0.6) is 0 Å². The number of carbonyl (C=O) groups excluding carboxylic acids is 1. The van der Waals surface area contributed by atoms with Gasteiger partial charge in [0.05, 0.1) is 16.8 Å². The van der Waals surface area contributed by atoms with Crippen LogP contribution in [0.3, 0.4) is 0 Å². The molecule has 1 fully saturated rings. The lowest BCUT2D eigenvalue weighted by molar-refractivity contribution is -0.384. The molecular weight excluding hydrogens is 342 g/mol. The predicted molar refractivity (Wildman–Crippen MR) is 88.9 cm³/mol. The Hall–Kier alpha value is -3.30. The Morgan fingerprint density at radius 1 is 1.31 bits per heavy atom. The molecule has 2 aromatic rings. The Morgan fingerprint density at radius 3 is 2.69 bits per heavy atom. The molecule has 26 heavy (non-hydrogen) atoms. The van der Waals surface area contributed by atoms with Crippen LogP contribution in [0.2, 0.25) is 0 Å².